The Morgan fingerprint density at radius 2 is 1.89 bits per heavy atom. The molecule has 1 unspecified atom stereocenters. The van der Waals surface area contributed by atoms with E-state index in [9.17, 15) is 9.59 Å². The van der Waals surface area contributed by atoms with Gasteiger partial charge in [-0.1, -0.05) is 35.3 Å². The van der Waals surface area contributed by atoms with E-state index in [0.29, 0.717) is 18.0 Å². The first kappa shape index (κ1) is 13.2. The lowest BCUT2D eigenvalue weighted by molar-refractivity contribution is -0.149. The first-order valence-electron chi connectivity index (χ1n) is 5.38. The van der Waals surface area contributed by atoms with E-state index in [0.717, 1.165) is 5.56 Å². The van der Waals surface area contributed by atoms with Crippen molar-refractivity contribution < 1.29 is 14.3 Å². The Morgan fingerprint density at radius 3 is 2.39 bits per heavy atom. The van der Waals surface area contributed by atoms with Gasteiger partial charge >= 0.3 is 11.9 Å². The van der Waals surface area contributed by atoms with Crippen LogP contribution >= 0.6 is 23.2 Å². The fraction of sp³-hybridized carbons (Fsp3) is 0.333. The minimum absolute atomic E-state index is 0.312. The Kier molecular flexibility index (Phi) is 3.50. The van der Waals surface area contributed by atoms with Crippen molar-refractivity contribution in [1.82, 2.24) is 4.90 Å². The van der Waals surface area contributed by atoms with Crippen molar-refractivity contribution >= 4 is 35.1 Å². The highest BCUT2D eigenvalue weighted by Gasteiger charge is 2.48. The summed E-state index contributed by atoms with van der Waals surface area (Å²) in [6.45, 7) is 1.78. The molecule has 0 aliphatic carbocycles. The van der Waals surface area contributed by atoms with Crippen LogP contribution in [0, 0.1) is 0 Å². The summed E-state index contributed by atoms with van der Waals surface area (Å²) in [4.78, 5) is 23.9. The molecule has 2 rings (SSSR count). The second kappa shape index (κ2) is 4.78. The molecule has 1 saturated heterocycles. The Hall–Kier alpha value is -1.26. The molecule has 4 nitrogen and oxygen atoms in total. The largest absolute Gasteiger partial charge is 0.417 e. The van der Waals surface area contributed by atoms with Gasteiger partial charge in [-0.05, 0) is 24.1 Å². The lowest BCUT2D eigenvalue weighted by atomic mass is 10.1. The number of cyclic esters (lactones) is 1. The number of hydrogen-bond acceptors (Lipinski definition) is 3. The maximum Gasteiger partial charge on any atom is 0.400 e. The summed E-state index contributed by atoms with van der Waals surface area (Å²) in [5.74, 6) is -1.62. The zero-order chi connectivity index (χ0) is 13.3. The third kappa shape index (κ3) is 2.60. The summed E-state index contributed by atoms with van der Waals surface area (Å²) in [7, 11) is 0. The fourth-order valence-corrected chi connectivity index (χ4v) is 2.11. The molecule has 1 heterocycles. The standard InChI is InChI=1S/C12H11Cl2NO3/c1-12(14)15(10(16)11(17)18-12)7-6-8-2-4-9(13)5-3-8/h2-5H,6-7H2,1H3. The quantitative estimate of drug-likeness (QED) is 0.371. The smallest absolute Gasteiger partial charge is 0.400 e. The van der Waals surface area contributed by atoms with Gasteiger partial charge in [-0.3, -0.25) is 9.69 Å². The van der Waals surface area contributed by atoms with Gasteiger partial charge in [0.05, 0.1) is 0 Å². The molecule has 96 valence electrons. The summed E-state index contributed by atoms with van der Waals surface area (Å²) < 4.78 is 4.76. The number of carbonyl (C=O) groups is 2. The highest BCUT2D eigenvalue weighted by Crippen LogP contribution is 2.29. The van der Waals surface area contributed by atoms with Crippen LogP contribution in [0.2, 0.25) is 5.02 Å². The normalized spacial score (nSPS) is 23.4. The van der Waals surface area contributed by atoms with Crippen molar-refractivity contribution in [3.8, 4) is 0 Å². The highest BCUT2D eigenvalue weighted by molar-refractivity contribution is 6.39. The molecule has 1 aromatic carbocycles. The number of nitrogens with zero attached hydrogens (tertiary/aromatic N) is 1. The zero-order valence-corrected chi connectivity index (χ0v) is 11.2. The Balaban J connectivity index is 2.03. The number of amides is 1. The van der Waals surface area contributed by atoms with E-state index in [4.69, 9.17) is 27.9 Å². The predicted molar refractivity (Wildman–Crippen MR) is 67.2 cm³/mol. The number of rotatable bonds is 3. The van der Waals surface area contributed by atoms with Crippen molar-refractivity contribution in [3.63, 3.8) is 0 Å². The first-order chi connectivity index (χ1) is 8.40. The number of carbonyl (C=O) groups excluding carboxylic acids is 2. The molecule has 0 saturated carbocycles. The lowest BCUT2D eigenvalue weighted by Gasteiger charge is -2.25. The second-order valence-electron chi connectivity index (χ2n) is 4.09. The average Bonchev–Trinajstić information content (AvgIpc) is 2.49. The van der Waals surface area contributed by atoms with Gasteiger partial charge < -0.3 is 4.74 Å². The first-order valence-corrected chi connectivity index (χ1v) is 6.14. The van der Waals surface area contributed by atoms with Gasteiger partial charge in [0.15, 0.2) is 0 Å². The lowest BCUT2D eigenvalue weighted by Crippen LogP contribution is -2.41. The van der Waals surface area contributed by atoms with Crippen LogP contribution in [0.5, 0.6) is 0 Å². The number of ether oxygens (including phenoxy) is 1. The minimum atomic E-state index is -1.39. The van der Waals surface area contributed by atoms with Gasteiger partial charge in [-0.25, -0.2) is 4.79 Å². The van der Waals surface area contributed by atoms with Crippen molar-refractivity contribution in [2.24, 2.45) is 0 Å². The molecule has 1 aromatic rings. The molecule has 6 heteroatoms. The van der Waals surface area contributed by atoms with E-state index >= 15 is 0 Å². The van der Waals surface area contributed by atoms with E-state index < -0.39 is 17.1 Å². The summed E-state index contributed by atoms with van der Waals surface area (Å²) in [6, 6.07) is 7.25. The summed E-state index contributed by atoms with van der Waals surface area (Å²) in [5.41, 5.74) is 0.999. The van der Waals surface area contributed by atoms with Crippen LogP contribution in [-0.4, -0.2) is 28.5 Å². The summed E-state index contributed by atoms with van der Waals surface area (Å²) in [5, 5.41) is -0.739. The Bertz CT molecular complexity index is 485. The predicted octanol–water partition coefficient (Wildman–Crippen LogP) is 2.18. The van der Waals surface area contributed by atoms with Gasteiger partial charge in [0, 0.05) is 18.5 Å². The van der Waals surface area contributed by atoms with Crippen LogP contribution in [-0.2, 0) is 20.7 Å². The van der Waals surface area contributed by atoms with E-state index in [1.165, 1.54) is 11.8 Å². The Morgan fingerprint density at radius 1 is 1.28 bits per heavy atom. The molecule has 0 aromatic heterocycles. The van der Waals surface area contributed by atoms with E-state index in [1.54, 1.807) is 12.1 Å². The van der Waals surface area contributed by atoms with E-state index in [-0.39, 0.29) is 0 Å². The topological polar surface area (TPSA) is 46.6 Å². The molecule has 1 aliphatic heterocycles. The van der Waals surface area contributed by atoms with Crippen molar-refractivity contribution in [2.75, 3.05) is 6.54 Å². The van der Waals surface area contributed by atoms with Crippen molar-refractivity contribution in [1.29, 1.82) is 0 Å². The Labute approximate surface area is 114 Å². The monoisotopic (exact) mass is 287 g/mol. The number of hydrogen-bond donors (Lipinski definition) is 0. The van der Waals surface area contributed by atoms with Crippen LogP contribution in [0.15, 0.2) is 24.3 Å². The summed E-state index contributed by atoms with van der Waals surface area (Å²) in [6.07, 6.45) is 0.571. The minimum Gasteiger partial charge on any atom is -0.417 e. The van der Waals surface area contributed by atoms with Crippen LogP contribution in [0.4, 0.5) is 0 Å². The number of alkyl halides is 1. The average molecular weight is 288 g/mol. The molecule has 1 amide bonds. The third-order valence-electron chi connectivity index (χ3n) is 2.72. The maximum absolute atomic E-state index is 11.5. The van der Waals surface area contributed by atoms with E-state index in [1.807, 2.05) is 12.1 Å². The molecule has 0 radical (unpaired) electrons. The number of halogens is 2. The number of esters is 1. The van der Waals surface area contributed by atoms with Crippen LogP contribution < -0.4 is 0 Å². The molecular weight excluding hydrogens is 277 g/mol. The molecule has 1 atom stereocenters. The highest BCUT2D eigenvalue weighted by atomic mass is 35.5. The molecule has 0 bridgehead atoms. The summed E-state index contributed by atoms with van der Waals surface area (Å²) >= 11 is 11.7. The van der Waals surface area contributed by atoms with Crippen LogP contribution in [0.1, 0.15) is 12.5 Å². The SMILES string of the molecule is CC1(Cl)OC(=O)C(=O)N1CCc1ccc(Cl)cc1. The van der Waals surface area contributed by atoms with Crippen molar-refractivity contribution in [3.05, 3.63) is 34.9 Å². The zero-order valence-electron chi connectivity index (χ0n) is 9.65. The van der Waals surface area contributed by atoms with Gasteiger partial charge in [0.25, 0.3) is 5.18 Å². The molecular formula is C12H11Cl2NO3. The van der Waals surface area contributed by atoms with E-state index in [2.05, 4.69) is 0 Å². The third-order valence-corrected chi connectivity index (χ3v) is 3.25. The van der Waals surface area contributed by atoms with Gasteiger partial charge in [-0.15, -0.1) is 0 Å². The molecule has 0 spiro atoms. The van der Waals surface area contributed by atoms with Gasteiger partial charge in [-0.2, -0.15) is 0 Å². The molecule has 1 fully saturated rings. The van der Waals surface area contributed by atoms with Gasteiger partial charge in [0.2, 0.25) is 0 Å². The van der Waals surface area contributed by atoms with Crippen LogP contribution in [0.3, 0.4) is 0 Å². The molecule has 0 N–H and O–H groups in total. The maximum atomic E-state index is 11.5. The van der Waals surface area contributed by atoms with Crippen molar-refractivity contribution in [2.45, 2.75) is 18.5 Å². The van der Waals surface area contributed by atoms with Crippen LogP contribution in [0.25, 0.3) is 0 Å². The number of benzene rings is 1. The van der Waals surface area contributed by atoms with Gasteiger partial charge in [0.1, 0.15) is 0 Å². The fourth-order valence-electron chi connectivity index (χ4n) is 1.75. The molecule has 1 aliphatic rings. The second-order valence-corrected chi connectivity index (χ2v) is 5.23. The molecule has 18 heavy (non-hydrogen) atoms.